The van der Waals surface area contributed by atoms with Crippen LogP contribution in [0.4, 0.5) is 0 Å². The first-order chi connectivity index (χ1) is 8.17. The highest BCUT2D eigenvalue weighted by molar-refractivity contribution is 5.80. The highest BCUT2D eigenvalue weighted by Crippen LogP contribution is 2.14. The first-order valence-electron chi connectivity index (χ1n) is 5.25. The van der Waals surface area contributed by atoms with Crippen molar-refractivity contribution in [2.24, 2.45) is 0 Å². The predicted molar refractivity (Wildman–Crippen MR) is 64.3 cm³/mol. The lowest BCUT2D eigenvalue weighted by Crippen LogP contribution is -2.36. The molecule has 1 atom stereocenters. The van der Waals surface area contributed by atoms with Gasteiger partial charge >= 0.3 is 0 Å². The van der Waals surface area contributed by atoms with Crippen LogP contribution in [0.5, 0.6) is 5.75 Å². The van der Waals surface area contributed by atoms with Crippen LogP contribution in [-0.2, 0) is 11.4 Å². The number of rotatable bonds is 5. The molecule has 2 N–H and O–H groups in total. The lowest BCUT2D eigenvalue weighted by molar-refractivity contribution is -0.126. The number of ether oxygens (including phenoxy) is 1. The molecule has 0 saturated carbocycles. The van der Waals surface area contributed by atoms with Crippen LogP contribution in [0.3, 0.4) is 0 Å². The minimum absolute atomic E-state index is 0.0606. The maximum Gasteiger partial charge on any atom is 0.261 e. The van der Waals surface area contributed by atoms with Crippen molar-refractivity contribution >= 4 is 5.91 Å². The highest BCUT2D eigenvalue weighted by Gasteiger charge is 2.13. The van der Waals surface area contributed by atoms with Gasteiger partial charge in [0, 0.05) is 0 Å². The summed E-state index contributed by atoms with van der Waals surface area (Å²) in [5, 5.41) is 11.5. The zero-order chi connectivity index (χ0) is 12.7. The van der Waals surface area contributed by atoms with Gasteiger partial charge < -0.3 is 15.2 Å². The van der Waals surface area contributed by atoms with Crippen molar-refractivity contribution in [1.29, 1.82) is 0 Å². The SMILES string of the molecule is C#CCNC(=O)C(C)Oc1cccc(CO)c1. The van der Waals surface area contributed by atoms with Crippen molar-refractivity contribution in [1.82, 2.24) is 5.32 Å². The predicted octanol–water partition coefficient (Wildman–Crippen LogP) is 0.696. The number of aliphatic hydroxyl groups excluding tert-OH is 1. The summed E-state index contributed by atoms with van der Waals surface area (Å²) < 4.78 is 5.42. The largest absolute Gasteiger partial charge is 0.481 e. The molecular formula is C13H15NO3. The Hall–Kier alpha value is -1.99. The minimum Gasteiger partial charge on any atom is -0.481 e. The van der Waals surface area contributed by atoms with Crippen LogP contribution in [0.1, 0.15) is 12.5 Å². The first kappa shape index (κ1) is 13.1. The molecule has 0 spiro atoms. The molecule has 4 heteroatoms. The molecule has 90 valence electrons. The van der Waals surface area contributed by atoms with Gasteiger partial charge in [0.05, 0.1) is 13.2 Å². The molecule has 1 amide bonds. The second-order valence-electron chi connectivity index (χ2n) is 3.49. The van der Waals surface area contributed by atoms with E-state index in [0.717, 1.165) is 5.56 Å². The van der Waals surface area contributed by atoms with Crippen LogP contribution in [0, 0.1) is 12.3 Å². The fourth-order valence-corrected chi connectivity index (χ4v) is 1.26. The van der Waals surface area contributed by atoms with E-state index >= 15 is 0 Å². The van der Waals surface area contributed by atoms with Crippen LogP contribution in [-0.4, -0.2) is 23.7 Å². The van der Waals surface area contributed by atoms with Crippen LogP contribution < -0.4 is 10.1 Å². The normalized spacial score (nSPS) is 11.4. The summed E-state index contributed by atoms with van der Waals surface area (Å²) in [6.45, 7) is 1.76. The Morgan fingerprint density at radius 1 is 1.65 bits per heavy atom. The average molecular weight is 233 g/mol. The maximum absolute atomic E-state index is 11.5. The number of amides is 1. The number of hydrogen-bond acceptors (Lipinski definition) is 3. The molecule has 17 heavy (non-hydrogen) atoms. The van der Waals surface area contributed by atoms with Crippen molar-refractivity contribution < 1.29 is 14.6 Å². The number of terminal acetylenes is 1. The quantitative estimate of drug-likeness (QED) is 0.736. The molecule has 0 fully saturated rings. The number of carbonyl (C=O) groups is 1. The molecule has 0 heterocycles. The number of hydrogen-bond donors (Lipinski definition) is 2. The van der Waals surface area contributed by atoms with Gasteiger partial charge in [-0.25, -0.2) is 0 Å². The summed E-state index contributed by atoms with van der Waals surface area (Å²) in [5.74, 6) is 2.59. The van der Waals surface area contributed by atoms with E-state index in [-0.39, 0.29) is 19.1 Å². The lowest BCUT2D eigenvalue weighted by atomic mass is 10.2. The van der Waals surface area contributed by atoms with Crippen LogP contribution in [0.15, 0.2) is 24.3 Å². The zero-order valence-corrected chi connectivity index (χ0v) is 9.64. The van der Waals surface area contributed by atoms with E-state index in [2.05, 4.69) is 11.2 Å². The van der Waals surface area contributed by atoms with Crippen molar-refractivity contribution in [3.8, 4) is 18.1 Å². The van der Waals surface area contributed by atoms with Crippen molar-refractivity contribution in [2.75, 3.05) is 6.54 Å². The monoisotopic (exact) mass is 233 g/mol. The summed E-state index contributed by atoms with van der Waals surface area (Å²) in [6.07, 6.45) is 4.41. The van der Waals surface area contributed by atoms with Gasteiger partial charge in [0.1, 0.15) is 5.75 Å². The molecule has 4 nitrogen and oxygen atoms in total. The molecule has 0 bridgehead atoms. The topological polar surface area (TPSA) is 58.6 Å². The number of carbonyl (C=O) groups excluding carboxylic acids is 1. The molecule has 0 aliphatic heterocycles. The lowest BCUT2D eigenvalue weighted by Gasteiger charge is -2.14. The molecule has 0 saturated heterocycles. The molecule has 1 aromatic carbocycles. The molecular weight excluding hydrogens is 218 g/mol. The maximum atomic E-state index is 11.5. The Morgan fingerprint density at radius 2 is 2.41 bits per heavy atom. The van der Waals surface area contributed by atoms with Crippen LogP contribution >= 0.6 is 0 Å². The Kier molecular flexibility index (Phi) is 5.05. The first-order valence-corrected chi connectivity index (χ1v) is 5.25. The van der Waals surface area contributed by atoms with Gasteiger partial charge in [0.2, 0.25) is 0 Å². The van der Waals surface area contributed by atoms with Crippen molar-refractivity contribution in [2.45, 2.75) is 19.6 Å². The number of aliphatic hydroxyl groups is 1. The van der Waals surface area contributed by atoms with E-state index in [1.54, 1.807) is 31.2 Å². The molecule has 1 aromatic rings. The third kappa shape index (κ3) is 4.17. The van der Waals surface area contributed by atoms with Gasteiger partial charge in [0.15, 0.2) is 6.10 Å². The third-order valence-electron chi connectivity index (χ3n) is 2.13. The second kappa shape index (κ2) is 6.56. The van der Waals surface area contributed by atoms with Crippen molar-refractivity contribution in [3.05, 3.63) is 29.8 Å². The highest BCUT2D eigenvalue weighted by atomic mass is 16.5. The Bertz CT molecular complexity index is 423. The average Bonchev–Trinajstić information content (AvgIpc) is 2.36. The van der Waals surface area contributed by atoms with Gasteiger partial charge in [-0.3, -0.25) is 4.79 Å². The minimum atomic E-state index is -0.628. The molecule has 1 unspecified atom stereocenters. The molecule has 0 radical (unpaired) electrons. The van der Waals surface area contributed by atoms with Crippen LogP contribution in [0.2, 0.25) is 0 Å². The fraction of sp³-hybridized carbons (Fsp3) is 0.308. The van der Waals surface area contributed by atoms with E-state index in [4.69, 9.17) is 16.3 Å². The second-order valence-corrected chi connectivity index (χ2v) is 3.49. The molecule has 0 aliphatic carbocycles. The Morgan fingerprint density at radius 3 is 3.06 bits per heavy atom. The smallest absolute Gasteiger partial charge is 0.261 e. The van der Waals surface area contributed by atoms with E-state index in [1.807, 2.05) is 0 Å². The number of benzene rings is 1. The van der Waals surface area contributed by atoms with Crippen molar-refractivity contribution in [3.63, 3.8) is 0 Å². The zero-order valence-electron chi connectivity index (χ0n) is 9.64. The van der Waals surface area contributed by atoms with Gasteiger partial charge in [0.25, 0.3) is 5.91 Å². The summed E-state index contributed by atoms with van der Waals surface area (Å²) in [5.41, 5.74) is 0.735. The fourth-order valence-electron chi connectivity index (χ4n) is 1.26. The Labute approximate surface area is 101 Å². The summed E-state index contributed by atoms with van der Waals surface area (Å²) >= 11 is 0. The number of nitrogens with one attached hydrogen (secondary N) is 1. The van der Waals surface area contributed by atoms with E-state index in [0.29, 0.717) is 5.75 Å². The van der Waals surface area contributed by atoms with Gasteiger partial charge in [-0.15, -0.1) is 6.42 Å². The standard InChI is InChI=1S/C13H15NO3/c1-3-7-14-13(16)10(2)17-12-6-4-5-11(8-12)9-15/h1,4-6,8,10,15H,7,9H2,2H3,(H,14,16). The Balaban J connectivity index is 2.58. The van der Waals surface area contributed by atoms with E-state index < -0.39 is 6.10 Å². The van der Waals surface area contributed by atoms with Gasteiger partial charge in [-0.2, -0.15) is 0 Å². The summed E-state index contributed by atoms with van der Waals surface area (Å²) in [6, 6.07) is 6.94. The molecule has 1 rings (SSSR count). The third-order valence-corrected chi connectivity index (χ3v) is 2.13. The summed E-state index contributed by atoms with van der Waals surface area (Å²) in [4.78, 5) is 11.5. The van der Waals surface area contributed by atoms with Crippen LogP contribution in [0.25, 0.3) is 0 Å². The molecule has 0 aromatic heterocycles. The summed E-state index contributed by atoms with van der Waals surface area (Å²) in [7, 11) is 0. The van der Waals surface area contributed by atoms with E-state index in [9.17, 15) is 4.79 Å². The molecule has 0 aliphatic rings. The van der Waals surface area contributed by atoms with Gasteiger partial charge in [-0.05, 0) is 24.6 Å². The van der Waals surface area contributed by atoms with Gasteiger partial charge in [-0.1, -0.05) is 18.1 Å². The van der Waals surface area contributed by atoms with E-state index in [1.165, 1.54) is 0 Å².